The zero-order valence-electron chi connectivity index (χ0n) is 11.7. The topological polar surface area (TPSA) is 0 Å². The zero-order chi connectivity index (χ0) is 12.3. The third-order valence-electron chi connectivity index (χ3n) is 3.73. The molecule has 0 spiro atoms. The standard InChI is InChI=1S/C16H26/c1-7-12(2)8-9-15-14(4)10-13(3)11-16(15,5)6/h7-10,13,15H,11H2,1-6H3/b9-8+,12-7+. The molecule has 0 saturated heterocycles. The number of hydrogen-bond donors (Lipinski definition) is 0. The molecule has 0 fully saturated rings. The van der Waals surface area contributed by atoms with Gasteiger partial charge in [0.15, 0.2) is 0 Å². The summed E-state index contributed by atoms with van der Waals surface area (Å²) in [5.41, 5.74) is 3.27. The Morgan fingerprint density at radius 1 is 1.44 bits per heavy atom. The van der Waals surface area contributed by atoms with Gasteiger partial charge in [0, 0.05) is 5.92 Å². The van der Waals surface area contributed by atoms with E-state index in [1.807, 2.05) is 0 Å². The van der Waals surface area contributed by atoms with Gasteiger partial charge >= 0.3 is 0 Å². The molecule has 1 rings (SSSR count). The lowest BCUT2D eigenvalue weighted by Gasteiger charge is -2.39. The highest BCUT2D eigenvalue weighted by Crippen LogP contribution is 2.43. The highest BCUT2D eigenvalue weighted by molar-refractivity contribution is 5.24. The van der Waals surface area contributed by atoms with Gasteiger partial charge in [-0.1, -0.05) is 56.2 Å². The normalized spacial score (nSPS) is 30.6. The van der Waals surface area contributed by atoms with Crippen LogP contribution in [0.2, 0.25) is 0 Å². The Morgan fingerprint density at radius 2 is 2.06 bits per heavy atom. The summed E-state index contributed by atoms with van der Waals surface area (Å²) in [4.78, 5) is 0. The number of allylic oxidation sites excluding steroid dienone is 6. The second-order valence-corrected chi connectivity index (χ2v) is 5.95. The van der Waals surface area contributed by atoms with Gasteiger partial charge < -0.3 is 0 Å². The molecule has 0 aromatic heterocycles. The average Bonchev–Trinajstić information content (AvgIpc) is 2.14. The lowest BCUT2D eigenvalue weighted by Crippen LogP contribution is -2.29. The third-order valence-corrected chi connectivity index (χ3v) is 3.73. The van der Waals surface area contributed by atoms with Gasteiger partial charge in [-0.05, 0) is 38.5 Å². The fourth-order valence-corrected chi connectivity index (χ4v) is 2.94. The quantitative estimate of drug-likeness (QED) is 0.445. The molecule has 2 unspecified atom stereocenters. The van der Waals surface area contributed by atoms with Gasteiger partial charge in [0.2, 0.25) is 0 Å². The van der Waals surface area contributed by atoms with Crippen LogP contribution in [-0.2, 0) is 0 Å². The molecule has 0 amide bonds. The van der Waals surface area contributed by atoms with Crippen molar-refractivity contribution in [3.63, 3.8) is 0 Å². The molecule has 0 saturated carbocycles. The molecule has 2 atom stereocenters. The Labute approximate surface area is 101 Å². The fourth-order valence-electron chi connectivity index (χ4n) is 2.94. The summed E-state index contributed by atoms with van der Waals surface area (Å²) in [5, 5.41) is 0. The van der Waals surface area contributed by atoms with E-state index >= 15 is 0 Å². The molecule has 0 nitrogen and oxygen atoms in total. The predicted octanol–water partition coefficient (Wildman–Crippen LogP) is 5.14. The molecule has 0 aromatic rings. The molecule has 0 aliphatic heterocycles. The van der Waals surface area contributed by atoms with Gasteiger partial charge in [0.25, 0.3) is 0 Å². The summed E-state index contributed by atoms with van der Waals surface area (Å²) in [6.07, 6.45) is 10.5. The van der Waals surface area contributed by atoms with Crippen molar-refractivity contribution in [2.45, 2.75) is 48.0 Å². The van der Waals surface area contributed by atoms with Crippen LogP contribution in [0, 0.1) is 17.3 Å². The number of hydrogen-bond acceptors (Lipinski definition) is 0. The Hall–Kier alpha value is -0.780. The van der Waals surface area contributed by atoms with E-state index in [0.717, 1.165) is 5.92 Å². The van der Waals surface area contributed by atoms with E-state index in [0.29, 0.717) is 11.3 Å². The smallest absolute Gasteiger partial charge is 0.00287 e. The van der Waals surface area contributed by atoms with E-state index < -0.39 is 0 Å². The fraction of sp³-hybridized carbons (Fsp3) is 0.625. The Morgan fingerprint density at radius 3 is 2.56 bits per heavy atom. The van der Waals surface area contributed by atoms with Gasteiger partial charge in [-0.15, -0.1) is 0 Å². The first-order valence-corrected chi connectivity index (χ1v) is 6.36. The first kappa shape index (κ1) is 13.3. The molecule has 90 valence electrons. The molecule has 0 radical (unpaired) electrons. The molecule has 0 aromatic carbocycles. The largest absolute Gasteiger partial charge is 0.0847 e. The summed E-state index contributed by atoms with van der Waals surface area (Å²) in [7, 11) is 0. The van der Waals surface area contributed by atoms with Crippen molar-refractivity contribution in [1.29, 1.82) is 0 Å². The average molecular weight is 218 g/mol. The minimum absolute atomic E-state index is 0.392. The molecule has 0 bridgehead atoms. The van der Waals surface area contributed by atoms with E-state index in [9.17, 15) is 0 Å². The van der Waals surface area contributed by atoms with E-state index in [1.165, 1.54) is 17.6 Å². The first-order chi connectivity index (χ1) is 7.36. The van der Waals surface area contributed by atoms with Crippen molar-refractivity contribution in [3.8, 4) is 0 Å². The van der Waals surface area contributed by atoms with E-state index in [1.54, 1.807) is 0 Å². The monoisotopic (exact) mass is 218 g/mol. The Balaban J connectivity index is 2.93. The second kappa shape index (κ2) is 5.03. The zero-order valence-corrected chi connectivity index (χ0v) is 11.7. The lowest BCUT2D eigenvalue weighted by molar-refractivity contribution is 0.223. The van der Waals surface area contributed by atoms with Crippen molar-refractivity contribution in [1.82, 2.24) is 0 Å². The molecule has 0 heteroatoms. The van der Waals surface area contributed by atoms with Crippen LogP contribution in [0.25, 0.3) is 0 Å². The molecule has 1 aliphatic carbocycles. The van der Waals surface area contributed by atoms with Crippen LogP contribution in [0.5, 0.6) is 0 Å². The summed E-state index contributed by atoms with van der Waals surface area (Å²) < 4.78 is 0. The maximum absolute atomic E-state index is 2.44. The third kappa shape index (κ3) is 3.10. The minimum Gasteiger partial charge on any atom is -0.0847 e. The van der Waals surface area contributed by atoms with Crippen molar-refractivity contribution in [2.24, 2.45) is 17.3 Å². The number of rotatable bonds is 2. The minimum atomic E-state index is 0.392. The highest BCUT2D eigenvalue weighted by Gasteiger charge is 2.33. The maximum Gasteiger partial charge on any atom is 0.00287 e. The van der Waals surface area contributed by atoms with Gasteiger partial charge in [0.05, 0.1) is 0 Å². The van der Waals surface area contributed by atoms with Crippen LogP contribution < -0.4 is 0 Å². The van der Waals surface area contributed by atoms with Crippen molar-refractivity contribution in [2.75, 3.05) is 0 Å². The molecular weight excluding hydrogens is 192 g/mol. The molecular formula is C16H26. The summed E-state index contributed by atoms with van der Waals surface area (Å²) in [6.45, 7) is 13.6. The highest BCUT2D eigenvalue weighted by atomic mass is 14.4. The Bertz CT molecular complexity index is 326. The van der Waals surface area contributed by atoms with Crippen LogP contribution in [0.4, 0.5) is 0 Å². The predicted molar refractivity (Wildman–Crippen MR) is 73.4 cm³/mol. The lowest BCUT2D eigenvalue weighted by atomic mass is 9.66. The van der Waals surface area contributed by atoms with E-state index in [2.05, 4.69) is 65.8 Å². The first-order valence-electron chi connectivity index (χ1n) is 6.36. The molecule has 1 aliphatic rings. The summed E-state index contributed by atoms with van der Waals surface area (Å²) in [5.74, 6) is 1.32. The van der Waals surface area contributed by atoms with Crippen molar-refractivity contribution < 1.29 is 0 Å². The van der Waals surface area contributed by atoms with Gasteiger partial charge in [-0.2, -0.15) is 0 Å². The van der Waals surface area contributed by atoms with Gasteiger partial charge in [-0.25, -0.2) is 0 Å². The van der Waals surface area contributed by atoms with Gasteiger partial charge in [0.1, 0.15) is 0 Å². The summed E-state index contributed by atoms with van der Waals surface area (Å²) in [6, 6.07) is 0. The van der Waals surface area contributed by atoms with Crippen LogP contribution in [-0.4, -0.2) is 0 Å². The van der Waals surface area contributed by atoms with E-state index in [4.69, 9.17) is 0 Å². The van der Waals surface area contributed by atoms with E-state index in [-0.39, 0.29) is 0 Å². The van der Waals surface area contributed by atoms with Crippen molar-refractivity contribution in [3.05, 3.63) is 35.5 Å². The maximum atomic E-state index is 2.44. The second-order valence-electron chi connectivity index (χ2n) is 5.95. The SMILES string of the molecule is C/C=C(C)/C=C/C1C(C)=CC(C)CC1(C)C. The summed E-state index contributed by atoms with van der Waals surface area (Å²) >= 11 is 0. The molecule has 0 heterocycles. The van der Waals surface area contributed by atoms with Crippen LogP contribution in [0.3, 0.4) is 0 Å². The van der Waals surface area contributed by atoms with Crippen molar-refractivity contribution >= 4 is 0 Å². The van der Waals surface area contributed by atoms with Crippen LogP contribution in [0.1, 0.15) is 48.0 Å². The van der Waals surface area contributed by atoms with Gasteiger partial charge in [-0.3, -0.25) is 0 Å². The van der Waals surface area contributed by atoms with Crippen LogP contribution >= 0.6 is 0 Å². The molecule has 16 heavy (non-hydrogen) atoms. The van der Waals surface area contributed by atoms with Crippen LogP contribution in [0.15, 0.2) is 35.5 Å². The Kier molecular flexibility index (Phi) is 4.18. The molecule has 0 N–H and O–H groups in total.